The molecule has 0 amide bonds. The zero-order valence-corrected chi connectivity index (χ0v) is 10.4. The Kier molecular flexibility index (Phi) is 4.18. The van der Waals surface area contributed by atoms with E-state index in [1.54, 1.807) is 0 Å². The second-order valence-electron chi connectivity index (χ2n) is 4.76. The highest BCUT2D eigenvalue weighted by molar-refractivity contribution is 5.74. The standard InChI is InChI=1S/C15H20O2/c1-2-3-5-10-13-11-14(17-15(13)16)12-8-6-4-7-9-12/h4,6-9,13-14H,2-3,5,10-11H2,1H3/t13-,14-/m0/s1. The molecule has 1 aromatic carbocycles. The SMILES string of the molecule is CCCCC[C@H]1C[C@@H](c2ccccc2)OC1=O. The second kappa shape index (κ2) is 5.85. The van der Waals surface area contributed by atoms with Gasteiger partial charge in [0.1, 0.15) is 6.10 Å². The van der Waals surface area contributed by atoms with Gasteiger partial charge in [-0.3, -0.25) is 4.79 Å². The first kappa shape index (κ1) is 12.2. The fraction of sp³-hybridized carbons (Fsp3) is 0.533. The molecule has 0 aliphatic carbocycles. The van der Waals surface area contributed by atoms with Crippen molar-refractivity contribution in [1.29, 1.82) is 0 Å². The zero-order valence-electron chi connectivity index (χ0n) is 10.4. The first-order chi connectivity index (χ1) is 8.31. The van der Waals surface area contributed by atoms with Gasteiger partial charge >= 0.3 is 5.97 Å². The average molecular weight is 232 g/mol. The predicted molar refractivity (Wildman–Crippen MR) is 67.5 cm³/mol. The first-order valence-electron chi connectivity index (χ1n) is 6.56. The molecule has 1 saturated heterocycles. The van der Waals surface area contributed by atoms with Crippen molar-refractivity contribution < 1.29 is 9.53 Å². The molecule has 1 heterocycles. The smallest absolute Gasteiger partial charge is 0.309 e. The van der Waals surface area contributed by atoms with Gasteiger partial charge in [-0.15, -0.1) is 0 Å². The maximum atomic E-state index is 11.7. The molecule has 0 saturated carbocycles. The minimum atomic E-state index is -0.0182. The maximum Gasteiger partial charge on any atom is 0.309 e. The van der Waals surface area contributed by atoms with Gasteiger partial charge < -0.3 is 4.74 Å². The van der Waals surface area contributed by atoms with Crippen LogP contribution in [0.15, 0.2) is 30.3 Å². The fourth-order valence-corrected chi connectivity index (χ4v) is 2.39. The summed E-state index contributed by atoms with van der Waals surface area (Å²) in [5.41, 5.74) is 1.12. The van der Waals surface area contributed by atoms with Gasteiger partial charge in [0.15, 0.2) is 0 Å². The van der Waals surface area contributed by atoms with E-state index in [4.69, 9.17) is 4.74 Å². The van der Waals surface area contributed by atoms with Crippen LogP contribution in [0, 0.1) is 5.92 Å². The predicted octanol–water partition coefficient (Wildman–Crippen LogP) is 3.87. The van der Waals surface area contributed by atoms with Gasteiger partial charge in [-0.05, 0) is 12.0 Å². The number of esters is 1. The maximum absolute atomic E-state index is 11.7. The highest BCUT2D eigenvalue weighted by Crippen LogP contribution is 2.35. The van der Waals surface area contributed by atoms with Crippen LogP contribution in [0.5, 0.6) is 0 Å². The number of carbonyl (C=O) groups excluding carboxylic acids is 1. The third-order valence-electron chi connectivity index (χ3n) is 3.42. The van der Waals surface area contributed by atoms with Crippen molar-refractivity contribution in [3.05, 3.63) is 35.9 Å². The summed E-state index contributed by atoms with van der Waals surface area (Å²) in [6.07, 6.45) is 5.36. The van der Waals surface area contributed by atoms with Crippen LogP contribution in [-0.4, -0.2) is 5.97 Å². The van der Waals surface area contributed by atoms with Crippen LogP contribution in [0.3, 0.4) is 0 Å². The van der Waals surface area contributed by atoms with Crippen LogP contribution in [0.2, 0.25) is 0 Å². The molecule has 0 bridgehead atoms. The lowest BCUT2D eigenvalue weighted by atomic mass is 9.95. The Bertz CT molecular complexity index is 358. The van der Waals surface area contributed by atoms with Gasteiger partial charge in [-0.2, -0.15) is 0 Å². The number of carbonyl (C=O) groups is 1. The largest absolute Gasteiger partial charge is 0.457 e. The van der Waals surface area contributed by atoms with Crippen molar-refractivity contribution in [3.63, 3.8) is 0 Å². The number of cyclic esters (lactones) is 1. The Hall–Kier alpha value is -1.31. The second-order valence-corrected chi connectivity index (χ2v) is 4.76. The molecule has 0 radical (unpaired) electrons. The molecule has 2 rings (SSSR count). The number of ether oxygens (including phenoxy) is 1. The van der Waals surface area contributed by atoms with E-state index >= 15 is 0 Å². The molecule has 2 atom stereocenters. The molecule has 1 fully saturated rings. The van der Waals surface area contributed by atoms with Crippen molar-refractivity contribution in [2.24, 2.45) is 5.92 Å². The third kappa shape index (κ3) is 3.09. The van der Waals surface area contributed by atoms with E-state index in [1.807, 2.05) is 30.3 Å². The zero-order chi connectivity index (χ0) is 12.1. The summed E-state index contributed by atoms with van der Waals surface area (Å²) < 4.78 is 5.45. The summed E-state index contributed by atoms with van der Waals surface area (Å²) in [4.78, 5) is 11.7. The van der Waals surface area contributed by atoms with E-state index in [-0.39, 0.29) is 18.0 Å². The molecule has 0 spiro atoms. The van der Waals surface area contributed by atoms with Gasteiger partial charge in [0.25, 0.3) is 0 Å². The lowest BCUT2D eigenvalue weighted by Crippen LogP contribution is -2.06. The van der Waals surface area contributed by atoms with Crippen LogP contribution in [0.25, 0.3) is 0 Å². The molecule has 92 valence electrons. The summed E-state index contributed by atoms with van der Waals surface area (Å²) in [5.74, 6) is 0.113. The van der Waals surface area contributed by atoms with Gasteiger partial charge in [0.05, 0.1) is 5.92 Å². The van der Waals surface area contributed by atoms with Crippen molar-refractivity contribution >= 4 is 5.97 Å². The van der Waals surface area contributed by atoms with Crippen LogP contribution in [0.1, 0.15) is 50.7 Å². The molecular weight excluding hydrogens is 212 g/mol. The Morgan fingerprint density at radius 2 is 2.00 bits per heavy atom. The van der Waals surface area contributed by atoms with E-state index in [0.717, 1.165) is 24.8 Å². The average Bonchev–Trinajstić information content (AvgIpc) is 2.73. The monoisotopic (exact) mass is 232 g/mol. The van der Waals surface area contributed by atoms with Crippen LogP contribution < -0.4 is 0 Å². The van der Waals surface area contributed by atoms with E-state index in [9.17, 15) is 4.79 Å². The minimum absolute atomic E-state index is 0.00467. The Morgan fingerprint density at radius 1 is 1.24 bits per heavy atom. The molecule has 0 aromatic heterocycles. The van der Waals surface area contributed by atoms with Crippen LogP contribution in [-0.2, 0) is 9.53 Å². The number of hydrogen-bond acceptors (Lipinski definition) is 2. The third-order valence-corrected chi connectivity index (χ3v) is 3.42. The minimum Gasteiger partial charge on any atom is -0.457 e. The lowest BCUT2D eigenvalue weighted by Gasteiger charge is -2.08. The number of hydrogen-bond donors (Lipinski definition) is 0. The lowest BCUT2D eigenvalue weighted by molar-refractivity contribution is -0.144. The van der Waals surface area contributed by atoms with E-state index < -0.39 is 0 Å². The molecular formula is C15H20O2. The van der Waals surface area contributed by atoms with Crippen LogP contribution >= 0.6 is 0 Å². The number of unbranched alkanes of at least 4 members (excludes halogenated alkanes) is 2. The molecule has 0 N–H and O–H groups in total. The quantitative estimate of drug-likeness (QED) is 0.569. The normalized spacial score (nSPS) is 23.7. The summed E-state index contributed by atoms with van der Waals surface area (Å²) in [7, 11) is 0. The van der Waals surface area contributed by atoms with Crippen molar-refractivity contribution in [2.75, 3.05) is 0 Å². The molecule has 1 aliphatic rings. The molecule has 1 aliphatic heterocycles. The number of rotatable bonds is 5. The molecule has 0 unspecified atom stereocenters. The van der Waals surface area contributed by atoms with E-state index in [2.05, 4.69) is 6.92 Å². The summed E-state index contributed by atoms with van der Waals surface area (Å²) in [6, 6.07) is 10.0. The van der Waals surface area contributed by atoms with Gasteiger partial charge in [0, 0.05) is 6.42 Å². The summed E-state index contributed by atoms with van der Waals surface area (Å²) >= 11 is 0. The highest BCUT2D eigenvalue weighted by Gasteiger charge is 2.34. The van der Waals surface area contributed by atoms with Crippen molar-refractivity contribution in [1.82, 2.24) is 0 Å². The Labute approximate surface area is 103 Å². The molecule has 1 aromatic rings. The first-order valence-corrected chi connectivity index (χ1v) is 6.56. The van der Waals surface area contributed by atoms with Gasteiger partial charge in [0.2, 0.25) is 0 Å². The Morgan fingerprint density at radius 3 is 2.71 bits per heavy atom. The van der Waals surface area contributed by atoms with E-state index in [1.165, 1.54) is 12.8 Å². The fourth-order valence-electron chi connectivity index (χ4n) is 2.39. The van der Waals surface area contributed by atoms with E-state index in [0.29, 0.717) is 0 Å². The molecule has 2 heteroatoms. The summed E-state index contributed by atoms with van der Waals surface area (Å²) in [5, 5.41) is 0. The highest BCUT2D eigenvalue weighted by atomic mass is 16.5. The van der Waals surface area contributed by atoms with Gasteiger partial charge in [-0.25, -0.2) is 0 Å². The van der Waals surface area contributed by atoms with Crippen LogP contribution in [0.4, 0.5) is 0 Å². The number of benzene rings is 1. The molecule has 17 heavy (non-hydrogen) atoms. The van der Waals surface area contributed by atoms with Crippen molar-refractivity contribution in [2.45, 2.75) is 45.1 Å². The summed E-state index contributed by atoms with van der Waals surface area (Å²) in [6.45, 7) is 2.18. The Balaban J connectivity index is 1.91. The van der Waals surface area contributed by atoms with Crippen molar-refractivity contribution in [3.8, 4) is 0 Å². The topological polar surface area (TPSA) is 26.3 Å². The molecule has 2 nitrogen and oxygen atoms in total. The van der Waals surface area contributed by atoms with Gasteiger partial charge in [-0.1, -0.05) is 56.5 Å².